The van der Waals surface area contributed by atoms with Gasteiger partial charge in [-0.2, -0.15) is 0 Å². The summed E-state index contributed by atoms with van der Waals surface area (Å²) in [6, 6.07) is 10.2. The molecule has 2 nitrogen and oxygen atoms in total. The van der Waals surface area contributed by atoms with E-state index in [1.165, 1.54) is 10.5 Å². The van der Waals surface area contributed by atoms with Crippen molar-refractivity contribution in [1.82, 2.24) is 0 Å². The van der Waals surface area contributed by atoms with Crippen molar-refractivity contribution in [1.29, 1.82) is 0 Å². The van der Waals surface area contributed by atoms with Crippen LogP contribution < -0.4 is 11.1 Å². The maximum atomic E-state index is 6.13. The summed E-state index contributed by atoms with van der Waals surface area (Å²) in [7, 11) is 0. The molecule has 24 heavy (non-hydrogen) atoms. The third-order valence-corrected chi connectivity index (χ3v) is 4.70. The Balaban J connectivity index is 2.22. The van der Waals surface area contributed by atoms with Gasteiger partial charge in [-0.1, -0.05) is 48.6 Å². The molecule has 2 rings (SSSR count). The van der Waals surface area contributed by atoms with Gasteiger partial charge in [0.1, 0.15) is 0 Å². The molecule has 3 N–H and O–H groups in total. The Morgan fingerprint density at radius 3 is 2.58 bits per heavy atom. The Kier molecular flexibility index (Phi) is 6.21. The van der Waals surface area contributed by atoms with Crippen molar-refractivity contribution in [2.45, 2.75) is 20.8 Å². The van der Waals surface area contributed by atoms with Crippen LogP contribution in [0.5, 0.6) is 0 Å². The number of allylic oxidation sites excluding steroid dienone is 5. The van der Waals surface area contributed by atoms with Gasteiger partial charge in [0.2, 0.25) is 0 Å². The zero-order valence-corrected chi connectivity index (χ0v) is 15.3. The molecule has 0 bridgehead atoms. The number of nitrogen functional groups attached to an aromatic ring is 1. The van der Waals surface area contributed by atoms with Gasteiger partial charge < -0.3 is 11.1 Å². The van der Waals surface area contributed by atoms with Gasteiger partial charge in [0, 0.05) is 10.6 Å². The summed E-state index contributed by atoms with van der Waals surface area (Å²) in [5.74, 6) is 0. The second kappa shape index (κ2) is 8.37. The molecule has 0 radical (unpaired) electrons. The summed E-state index contributed by atoms with van der Waals surface area (Å²) >= 11 is 1.71. The van der Waals surface area contributed by atoms with E-state index in [-0.39, 0.29) is 0 Å². The Morgan fingerprint density at radius 2 is 1.96 bits per heavy atom. The highest BCUT2D eigenvalue weighted by atomic mass is 32.1. The largest absolute Gasteiger partial charge is 0.397 e. The second-order valence-corrected chi connectivity index (χ2v) is 6.44. The Labute approximate surface area is 148 Å². The number of nitrogens with one attached hydrogen (secondary N) is 1. The average molecular weight is 337 g/mol. The maximum absolute atomic E-state index is 6.13. The van der Waals surface area contributed by atoms with E-state index in [1.54, 1.807) is 11.3 Å². The second-order valence-electron chi connectivity index (χ2n) is 5.49. The van der Waals surface area contributed by atoms with Crippen LogP contribution in [0.25, 0.3) is 10.4 Å². The molecule has 0 aliphatic heterocycles. The molecule has 3 heteroatoms. The third kappa shape index (κ3) is 4.49. The predicted molar refractivity (Wildman–Crippen MR) is 109 cm³/mol. The fraction of sp³-hybridized carbons (Fsp3) is 0.143. The molecular weight excluding hydrogens is 312 g/mol. The van der Waals surface area contributed by atoms with Crippen molar-refractivity contribution in [3.8, 4) is 10.4 Å². The molecule has 0 aliphatic rings. The minimum absolute atomic E-state index is 0.709. The van der Waals surface area contributed by atoms with Crippen molar-refractivity contribution < 1.29 is 0 Å². The molecule has 124 valence electrons. The fourth-order valence-corrected chi connectivity index (χ4v) is 2.91. The van der Waals surface area contributed by atoms with E-state index in [0.29, 0.717) is 5.69 Å². The van der Waals surface area contributed by atoms with Gasteiger partial charge in [-0.3, -0.25) is 0 Å². The third-order valence-electron chi connectivity index (χ3n) is 3.79. The molecule has 0 atom stereocenters. The molecule has 0 spiro atoms. The van der Waals surface area contributed by atoms with E-state index in [1.807, 2.05) is 32.1 Å². The van der Waals surface area contributed by atoms with Gasteiger partial charge in [0.25, 0.3) is 0 Å². The standard InChI is InChI=1S/C21H24N2S/c1-5-15(3)9-10-17(6-2)16(4)23-20-14-18(11-12-19(20)22)21-8-7-13-24-21/h5-14,23H,4,22H2,1-3H3/b10-9-,15-5-,17-6+. The number of anilines is 2. The topological polar surface area (TPSA) is 38.0 Å². The first kappa shape index (κ1) is 17.8. The van der Waals surface area contributed by atoms with Crippen LogP contribution in [-0.2, 0) is 0 Å². The summed E-state index contributed by atoms with van der Waals surface area (Å²) < 4.78 is 0. The summed E-state index contributed by atoms with van der Waals surface area (Å²) in [4.78, 5) is 1.22. The van der Waals surface area contributed by atoms with Crippen LogP contribution in [0.4, 0.5) is 11.4 Å². The normalized spacial score (nSPS) is 12.6. The van der Waals surface area contributed by atoms with E-state index in [0.717, 1.165) is 22.5 Å². The predicted octanol–water partition coefficient (Wildman–Crippen LogP) is 6.39. The van der Waals surface area contributed by atoms with E-state index in [2.05, 4.69) is 60.6 Å². The van der Waals surface area contributed by atoms with Crippen molar-refractivity contribution in [3.63, 3.8) is 0 Å². The lowest BCUT2D eigenvalue weighted by molar-refractivity contribution is 1.39. The number of benzene rings is 1. The molecule has 0 unspecified atom stereocenters. The zero-order valence-electron chi connectivity index (χ0n) is 14.5. The maximum Gasteiger partial charge on any atom is 0.0624 e. The molecule has 0 fully saturated rings. The van der Waals surface area contributed by atoms with Gasteiger partial charge in [0.05, 0.1) is 11.4 Å². The van der Waals surface area contributed by atoms with Gasteiger partial charge >= 0.3 is 0 Å². The molecule has 1 heterocycles. The highest BCUT2D eigenvalue weighted by Crippen LogP contribution is 2.31. The van der Waals surface area contributed by atoms with Gasteiger partial charge in [-0.25, -0.2) is 0 Å². The van der Waals surface area contributed by atoms with E-state index < -0.39 is 0 Å². The molecule has 1 aromatic carbocycles. The molecule has 0 saturated heterocycles. The number of rotatable bonds is 6. The first-order valence-electron chi connectivity index (χ1n) is 7.92. The van der Waals surface area contributed by atoms with Crippen LogP contribution in [0.3, 0.4) is 0 Å². The lowest BCUT2D eigenvalue weighted by Gasteiger charge is -2.14. The number of thiophene rings is 1. The summed E-state index contributed by atoms with van der Waals surface area (Å²) in [5, 5.41) is 5.42. The SMILES string of the molecule is C=C(Nc1cc(-c2cccs2)ccc1N)C(/C=C\C(C)=C/C)=C/C. The molecule has 0 aliphatic carbocycles. The molecule has 2 aromatic rings. The van der Waals surface area contributed by atoms with Crippen LogP contribution >= 0.6 is 11.3 Å². The van der Waals surface area contributed by atoms with Crippen LogP contribution in [0.2, 0.25) is 0 Å². The quantitative estimate of drug-likeness (QED) is 0.473. The van der Waals surface area contributed by atoms with Crippen LogP contribution in [0, 0.1) is 0 Å². The van der Waals surface area contributed by atoms with E-state index in [9.17, 15) is 0 Å². The zero-order chi connectivity index (χ0) is 17.5. The highest BCUT2D eigenvalue weighted by Gasteiger charge is 2.06. The van der Waals surface area contributed by atoms with Crippen molar-refractivity contribution in [2.75, 3.05) is 11.1 Å². The molecule has 0 saturated carbocycles. The smallest absolute Gasteiger partial charge is 0.0624 e. The minimum Gasteiger partial charge on any atom is -0.397 e. The van der Waals surface area contributed by atoms with Gasteiger partial charge in [-0.05, 0) is 55.5 Å². The first-order chi connectivity index (χ1) is 11.5. The van der Waals surface area contributed by atoms with Crippen molar-refractivity contribution in [3.05, 3.63) is 83.4 Å². The fourth-order valence-electron chi connectivity index (χ4n) is 2.18. The lowest BCUT2D eigenvalue weighted by Crippen LogP contribution is -2.03. The van der Waals surface area contributed by atoms with Gasteiger partial charge in [-0.15, -0.1) is 11.3 Å². The Morgan fingerprint density at radius 1 is 1.17 bits per heavy atom. The van der Waals surface area contributed by atoms with Crippen LogP contribution in [0.1, 0.15) is 20.8 Å². The lowest BCUT2D eigenvalue weighted by atomic mass is 10.1. The number of hydrogen-bond acceptors (Lipinski definition) is 3. The van der Waals surface area contributed by atoms with Crippen LogP contribution in [-0.4, -0.2) is 0 Å². The van der Waals surface area contributed by atoms with Crippen molar-refractivity contribution >= 4 is 22.7 Å². The monoisotopic (exact) mass is 336 g/mol. The minimum atomic E-state index is 0.709. The average Bonchev–Trinajstić information content (AvgIpc) is 3.11. The Bertz CT molecular complexity index is 793. The van der Waals surface area contributed by atoms with E-state index >= 15 is 0 Å². The van der Waals surface area contributed by atoms with Crippen molar-refractivity contribution in [2.24, 2.45) is 0 Å². The van der Waals surface area contributed by atoms with E-state index in [4.69, 9.17) is 5.73 Å². The van der Waals surface area contributed by atoms with Crippen LogP contribution in [0.15, 0.2) is 83.4 Å². The Hall–Kier alpha value is -2.52. The summed E-state index contributed by atoms with van der Waals surface area (Å²) in [5.41, 5.74) is 11.9. The molecule has 1 aromatic heterocycles. The summed E-state index contributed by atoms with van der Waals surface area (Å²) in [6.45, 7) is 10.3. The molecular formula is C21H24N2S. The highest BCUT2D eigenvalue weighted by molar-refractivity contribution is 7.13. The molecule has 0 amide bonds. The first-order valence-corrected chi connectivity index (χ1v) is 8.80. The summed E-state index contributed by atoms with van der Waals surface area (Å²) in [6.07, 6.45) is 8.24. The van der Waals surface area contributed by atoms with Gasteiger partial charge in [0.15, 0.2) is 0 Å². The number of nitrogens with two attached hydrogens (primary N) is 1. The number of hydrogen-bond donors (Lipinski definition) is 2.